The maximum Gasteiger partial charge on any atom is 0.142 e. The average Bonchev–Trinajstić information content (AvgIpc) is 3.16. The first-order valence-corrected chi connectivity index (χ1v) is 8.53. The molecule has 4 heteroatoms. The van der Waals surface area contributed by atoms with Crippen molar-refractivity contribution in [2.24, 2.45) is 0 Å². The van der Waals surface area contributed by atoms with E-state index in [1.807, 2.05) is 41.4 Å². The maximum absolute atomic E-state index is 6.33. The second-order valence-electron chi connectivity index (χ2n) is 5.89. The highest BCUT2D eigenvalue weighted by Crippen LogP contribution is 2.30. The van der Waals surface area contributed by atoms with Gasteiger partial charge in [-0.25, -0.2) is 4.98 Å². The number of nitrogens with zero attached hydrogens (tertiary/aromatic N) is 2. The van der Waals surface area contributed by atoms with Gasteiger partial charge in [0.2, 0.25) is 0 Å². The van der Waals surface area contributed by atoms with E-state index >= 15 is 0 Å². The molecule has 4 rings (SSSR count). The Hall–Kier alpha value is -2.78. The lowest BCUT2D eigenvalue weighted by Gasteiger charge is -2.22. The van der Waals surface area contributed by atoms with Gasteiger partial charge in [-0.3, -0.25) is 0 Å². The summed E-state index contributed by atoms with van der Waals surface area (Å²) in [7, 11) is 0. The molecule has 4 aromatic rings. The number of aromatic nitrogens is 2. The van der Waals surface area contributed by atoms with Gasteiger partial charge in [-0.05, 0) is 35.0 Å². The van der Waals surface area contributed by atoms with Gasteiger partial charge in [-0.15, -0.1) is 0 Å². The molecule has 0 radical (unpaired) electrons. The van der Waals surface area contributed by atoms with Gasteiger partial charge in [0.25, 0.3) is 0 Å². The van der Waals surface area contributed by atoms with Crippen LogP contribution in [0.4, 0.5) is 0 Å². The number of halogens is 1. The zero-order valence-corrected chi connectivity index (χ0v) is 14.3. The minimum absolute atomic E-state index is 0.138. The number of rotatable bonds is 5. The fourth-order valence-electron chi connectivity index (χ4n) is 2.99. The highest BCUT2D eigenvalue weighted by molar-refractivity contribution is 6.30. The zero-order valence-electron chi connectivity index (χ0n) is 13.5. The second-order valence-corrected chi connectivity index (χ2v) is 6.32. The van der Waals surface area contributed by atoms with Gasteiger partial charge in [0.1, 0.15) is 11.9 Å². The number of benzene rings is 3. The molecule has 0 bridgehead atoms. The van der Waals surface area contributed by atoms with Gasteiger partial charge in [0.05, 0.1) is 12.9 Å². The molecular formula is C21H17ClN2O. The standard InChI is InChI=1S/C21H17ClN2O/c22-17-8-10-18(11-9-17)25-21(14-24-13-12-23-15-24)20-7-3-5-16-4-1-2-6-19(16)20/h1-13,15,21H,14H2. The Labute approximate surface area is 151 Å². The van der Waals surface area contributed by atoms with Crippen LogP contribution in [-0.2, 0) is 6.54 Å². The molecule has 124 valence electrons. The SMILES string of the molecule is Clc1ccc(OC(Cn2ccnc2)c2cccc3ccccc23)cc1. The predicted octanol–water partition coefficient (Wildman–Crippen LogP) is 5.51. The molecule has 0 amide bonds. The van der Waals surface area contributed by atoms with E-state index in [1.165, 1.54) is 10.8 Å². The van der Waals surface area contributed by atoms with E-state index in [1.54, 1.807) is 6.20 Å². The van der Waals surface area contributed by atoms with Crippen molar-refractivity contribution in [3.05, 3.63) is 96.0 Å². The Morgan fingerprint density at radius 2 is 1.76 bits per heavy atom. The smallest absolute Gasteiger partial charge is 0.142 e. The molecule has 3 aromatic carbocycles. The van der Waals surface area contributed by atoms with Crippen LogP contribution in [0.2, 0.25) is 5.02 Å². The Morgan fingerprint density at radius 1 is 0.960 bits per heavy atom. The van der Waals surface area contributed by atoms with Crippen LogP contribution in [0, 0.1) is 0 Å². The first-order valence-electron chi connectivity index (χ1n) is 8.15. The van der Waals surface area contributed by atoms with Crippen LogP contribution < -0.4 is 4.74 Å². The number of hydrogen-bond donors (Lipinski definition) is 0. The fraction of sp³-hybridized carbons (Fsp3) is 0.0952. The van der Waals surface area contributed by atoms with Gasteiger partial charge < -0.3 is 9.30 Å². The summed E-state index contributed by atoms with van der Waals surface area (Å²) in [5, 5.41) is 3.10. The van der Waals surface area contributed by atoms with Gasteiger partial charge >= 0.3 is 0 Å². The third kappa shape index (κ3) is 3.52. The number of ether oxygens (including phenoxy) is 1. The van der Waals surface area contributed by atoms with Crippen molar-refractivity contribution in [1.82, 2.24) is 9.55 Å². The molecule has 0 spiro atoms. The Balaban J connectivity index is 1.74. The van der Waals surface area contributed by atoms with Gasteiger partial charge in [0, 0.05) is 23.0 Å². The van der Waals surface area contributed by atoms with Crippen LogP contribution >= 0.6 is 11.6 Å². The van der Waals surface area contributed by atoms with Crippen molar-refractivity contribution >= 4 is 22.4 Å². The molecule has 1 atom stereocenters. The molecule has 3 nitrogen and oxygen atoms in total. The van der Waals surface area contributed by atoms with E-state index in [4.69, 9.17) is 16.3 Å². The summed E-state index contributed by atoms with van der Waals surface area (Å²) in [5.74, 6) is 0.794. The molecule has 0 aliphatic heterocycles. The van der Waals surface area contributed by atoms with E-state index in [0.717, 1.165) is 11.3 Å². The van der Waals surface area contributed by atoms with Crippen LogP contribution in [0.3, 0.4) is 0 Å². The lowest BCUT2D eigenvalue weighted by molar-refractivity contribution is 0.185. The van der Waals surface area contributed by atoms with Crippen molar-refractivity contribution < 1.29 is 4.74 Å². The molecule has 0 aliphatic rings. The minimum atomic E-state index is -0.138. The summed E-state index contributed by atoms with van der Waals surface area (Å²) in [6, 6.07) is 22.2. The summed E-state index contributed by atoms with van der Waals surface area (Å²) < 4.78 is 8.36. The van der Waals surface area contributed by atoms with Crippen LogP contribution in [0.1, 0.15) is 11.7 Å². The Kier molecular flexibility index (Phi) is 4.40. The third-order valence-electron chi connectivity index (χ3n) is 4.20. The summed E-state index contributed by atoms with van der Waals surface area (Å²) >= 11 is 5.99. The summed E-state index contributed by atoms with van der Waals surface area (Å²) in [6.07, 6.45) is 5.40. The van der Waals surface area contributed by atoms with E-state index in [0.29, 0.717) is 11.6 Å². The van der Waals surface area contributed by atoms with Crippen LogP contribution in [0.15, 0.2) is 85.5 Å². The van der Waals surface area contributed by atoms with E-state index in [-0.39, 0.29) is 6.10 Å². The van der Waals surface area contributed by atoms with Crippen molar-refractivity contribution in [1.29, 1.82) is 0 Å². The molecule has 1 heterocycles. The van der Waals surface area contributed by atoms with Crippen molar-refractivity contribution in [2.75, 3.05) is 0 Å². The number of hydrogen-bond acceptors (Lipinski definition) is 2. The summed E-state index contributed by atoms with van der Waals surface area (Å²) in [6.45, 7) is 0.677. The quantitative estimate of drug-likeness (QED) is 0.475. The number of imidazole rings is 1. The molecular weight excluding hydrogens is 332 g/mol. The van der Waals surface area contributed by atoms with E-state index in [9.17, 15) is 0 Å². The van der Waals surface area contributed by atoms with E-state index in [2.05, 4.69) is 47.4 Å². The van der Waals surface area contributed by atoms with E-state index < -0.39 is 0 Å². The van der Waals surface area contributed by atoms with Crippen molar-refractivity contribution in [3.8, 4) is 5.75 Å². The normalized spacial score (nSPS) is 12.2. The van der Waals surface area contributed by atoms with Crippen LogP contribution in [0.5, 0.6) is 5.75 Å². The van der Waals surface area contributed by atoms with Crippen molar-refractivity contribution in [3.63, 3.8) is 0 Å². The summed E-state index contributed by atoms with van der Waals surface area (Å²) in [5.41, 5.74) is 1.15. The first-order chi connectivity index (χ1) is 12.3. The highest BCUT2D eigenvalue weighted by Gasteiger charge is 2.17. The zero-order chi connectivity index (χ0) is 17.1. The molecule has 1 unspecified atom stereocenters. The van der Waals surface area contributed by atoms with Gasteiger partial charge in [0.15, 0.2) is 0 Å². The topological polar surface area (TPSA) is 27.1 Å². The molecule has 0 aliphatic carbocycles. The average molecular weight is 349 g/mol. The minimum Gasteiger partial charge on any atom is -0.484 e. The lowest BCUT2D eigenvalue weighted by Crippen LogP contribution is -2.15. The largest absolute Gasteiger partial charge is 0.484 e. The lowest BCUT2D eigenvalue weighted by atomic mass is 10.00. The molecule has 1 aromatic heterocycles. The van der Waals surface area contributed by atoms with Gasteiger partial charge in [-0.2, -0.15) is 0 Å². The monoisotopic (exact) mass is 348 g/mol. The molecule has 0 saturated carbocycles. The molecule has 0 fully saturated rings. The van der Waals surface area contributed by atoms with Crippen molar-refractivity contribution in [2.45, 2.75) is 12.6 Å². The molecule has 0 N–H and O–H groups in total. The van der Waals surface area contributed by atoms with Crippen LogP contribution in [-0.4, -0.2) is 9.55 Å². The van der Waals surface area contributed by atoms with Gasteiger partial charge in [-0.1, -0.05) is 54.1 Å². The third-order valence-corrected chi connectivity index (χ3v) is 4.45. The highest BCUT2D eigenvalue weighted by atomic mass is 35.5. The fourth-order valence-corrected chi connectivity index (χ4v) is 3.12. The van der Waals surface area contributed by atoms with Crippen LogP contribution in [0.25, 0.3) is 10.8 Å². The summed E-state index contributed by atoms with van der Waals surface area (Å²) in [4.78, 5) is 4.14. The number of fused-ring (bicyclic) bond motifs is 1. The second kappa shape index (κ2) is 6.99. The Morgan fingerprint density at radius 3 is 2.56 bits per heavy atom. The Bertz CT molecular complexity index is 960. The molecule has 0 saturated heterocycles. The first kappa shape index (κ1) is 15.7. The maximum atomic E-state index is 6.33. The predicted molar refractivity (Wildman–Crippen MR) is 101 cm³/mol. The molecule has 25 heavy (non-hydrogen) atoms.